The van der Waals surface area contributed by atoms with E-state index >= 15 is 0 Å². The van der Waals surface area contributed by atoms with Gasteiger partial charge in [0, 0.05) is 0 Å². The Morgan fingerprint density at radius 1 is 0.455 bits per heavy atom. The predicted molar refractivity (Wildman–Crippen MR) is 90.8 cm³/mol. The summed E-state index contributed by atoms with van der Waals surface area (Å²) >= 11 is 0. The summed E-state index contributed by atoms with van der Waals surface area (Å²) in [5, 5.41) is 38.0. The van der Waals surface area contributed by atoms with Crippen molar-refractivity contribution in [1.82, 2.24) is 0 Å². The highest BCUT2D eigenvalue weighted by atomic mass is 16.3. The molecule has 0 aromatic carbocycles. The van der Waals surface area contributed by atoms with Crippen LogP contribution in [-0.4, -0.2) is 44.8 Å². The molecule has 0 bridgehead atoms. The lowest BCUT2D eigenvalue weighted by Crippen LogP contribution is -2.09. The molecule has 0 amide bonds. The van der Waals surface area contributed by atoms with E-state index in [1.807, 2.05) is 0 Å². The number of unbranched alkanes of at least 4 members (excludes halogenated alkanes) is 3. The lowest BCUT2D eigenvalue weighted by Gasteiger charge is -2.13. The van der Waals surface area contributed by atoms with Gasteiger partial charge in [0.25, 0.3) is 0 Å². The van der Waals surface area contributed by atoms with E-state index in [2.05, 4.69) is 0 Å². The van der Waals surface area contributed by atoms with Crippen molar-refractivity contribution in [2.75, 3.05) is 0 Å². The van der Waals surface area contributed by atoms with Crippen molar-refractivity contribution in [3.63, 3.8) is 0 Å². The van der Waals surface area contributed by atoms with Gasteiger partial charge in [-0.15, -0.1) is 0 Å². The van der Waals surface area contributed by atoms with Crippen LogP contribution >= 0.6 is 0 Å². The van der Waals surface area contributed by atoms with E-state index in [-0.39, 0.29) is 24.4 Å². The molecule has 0 radical (unpaired) electrons. The van der Waals surface area contributed by atoms with Crippen molar-refractivity contribution in [2.45, 2.75) is 115 Å². The molecule has 4 nitrogen and oxygen atoms in total. The molecule has 4 N–H and O–H groups in total. The van der Waals surface area contributed by atoms with Crippen molar-refractivity contribution in [2.24, 2.45) is 0 Å². The normalized spacial score (nSPS) is 17.2. The molecular formula is C18H38O4. The summed E-state index contributed by atoms with van der Waals surface area (Å²) in [7, 11) is 0. The van der Waals surface area contributed by atoms with E-state index in [0.717, 1.165) is 77.0 Å². The molecule has 0 spiro atoms. The van der Waals surface area contributed by atoms with Crippen molar-refractivity contribution in [3.05, 3.63) is 0 Å². The van der Waals surface area contributed by atoms with Crippen LogP contribution in [0.2, 0.25) is 0 Å². The Kier molecular flexibility index (Phi) is 14.3. The molecule has 0 unspecified atom stereocenters. The van der Waals surface area contributed by atoms with Crippen LogP contribution in [-0.2, 0) is 0 Å². The molecule has 0 aliphatic heterocycles. The van der Waals surface area contributed by atoms with Crippen LogP contribution in [0.15, 0.2) is 0 Å². The third-order valence-corrected chi connectivity index (χ3v) is 4.14. The lowest BCUT2D eigenvalue weighted by molar-refractivity contribution is 0.128. The fourth-order valence-corrected chi connectivity index (χ4v) is 2.69. The number of hydrogen-bond donors (Lipinski definition) is 4. The highest BCUT2D eigenvalue weighted by molar-refractivity contribution is 4.61. The van der Waals surface area contributed by atoms with Crippen LogP contribution in [0.4, 0.5) is 0 Å². The summed E-state index contributed by atoms with van der Waals surface area (Å²) in [5.41, 5.74) is 0. The molecule has 4 atom stereocenters. The van der Waals surface area contributed by atoms with Gasteiger partial charge in [-0.25, -0.2) is 0 Å². The number of aliphatic hydroxyl groups is 4. The fraction of sp³-hybridized carbons (Fsp3) is 1.00. The Bertz CT molecular complexity index is 207. The number of hydrogen-bond acceptors (Lipinski definition) is 4. The minimum absolute atomic E-state index is 0.237. The molecular weight excluding hydrogens is 280 g/mol. The first-order valence-corrected chi connectivity index (χ1v) is 9.14. The van der Waals surface area contributed by atoms with Gasteiger partial charge in [0.05, 0.1) is 24.4 Å². The van der Waals surface area contributed by atoms with Gasteiger partial charge in [-0.05, 0) is 52.4 Å². The molecule has 0 saturated heterocycles. The first-order chi connectivity index (χ1) is 10.4. The fourth-order valence-electron chi connectivity index (χ4n) is 2.69. The average molecular weight is 318 g/mol. The average Bonchev–Trinajstić information content (AvgIpc) is 2.44. The third kappa shape index (κ3) is 16.2. The quantitative estimate of drug-likeness (QED) is 0.350. The van der Waals surface area contributed by atoms with Crippen LogP contribution in [0, 0.1) is 0 Å². The monoisotopic (exact) mass is 318 g/mol. The molecule has 0 heterocycles. The summed E-state index contributed by atoms with van der Waals surface area (Å²) < 4.78 is 0. The van der Waals surface area contributed by atoms with E-state index in [0.29, 0.717) is 0 Å². The van der Waals surface area contributed by atoms with Gasteiger partial charge in [-0.1, -0.05) is 38.5 Å². The molecule has 0 saturated carbocycles. The van der Waals surface area contributed by atoms with Crippen LogP contribution in [0.25, 0.3) is 0 Å². The molecule has 0 aliphatic rings. The van der Waals surface area contributed by atoms with Crippen LogP contribution in [0.1, 0.15) is 90.9 Å². The Labute approximate surface area is 136 Å². The molecule has 134 valence electrons. The van der Waals surface area contributed by atoms with Crippen LogP contribution in [0.3, 0.4) is 0 Å². The van der Waals surface area contributed by atoms with Crippen LogP contribution < -0.4 is 0 Å². The predicted octanol–water partition coefficient (Wildman–Crippen LogP) is 3.15. The standard InChI is InChI=1S/C18H38O4/c1-15(19)9-3-5-11-17(21)13-7-8-14-18(22)12-6-4-10-16(2)20/h15-22H,3-14H2,1-2H3/t15-,16-,17-,18-/m0/s1. The maximum Gasteiger partial charge on any atom is 0.0540 e. The van der Waals surface area contributed by atoms with E-state index in [4.69, 9.17) is 10.2 Å². The zero-order valence-corrected chi connectivity index (χ0v) is 14.6. The second-order valence-corrected chi connectivity index (χ2v) is 6.86. The molecule has 0 fully saturated rings. The van der Waals surface area contributed by atoms with Crippen molar-refractivity contribution in [3.8, 4) is 0 Å². The summed E-state index contributed by atoms with van der Waals surface area (Å²) in [6, 6.07) is 0. The zero-order chi connectivity index (χ0) is 16.8. The smallest absolute Gasteiger partial charge is 0.0540 e. The molecule has 4 heteroatoms. The van der Waals surface area contributed by atoms with Crippen molar-refractivity contribution < 1.29 is 20.4 Å². The van der Waals surface area contributed by atoms with Gasteiger partial charge < -0.3 is 20.4 Å². The van der Waals surface area contributed by atoms with E-state index in [9.17, 15) is 10.2 Å². The van der Waals surface area contributed by atoms with Crippen LogP contribution in [0.5, 0.6) is 0 Å². The lowest BCUT2D eigenvalue weighted by atomic mass is 10.0. The van der Waals surface area contributed by atoms with E-state index in [1.54, 1.807) is 13.8 Å². The second-order valence-electron chi connectivity index (χ2n) is 6.86. The summed E-state index contributed by atoms with van der Waals surface area (Å²) in [6.07, 6.45) is 9.73. The van der Waals surface area contributed by atoms with Crippen molar-refractivity contribution >= 4 is 0 Å². The molecule has 22 heavy (non-hydrogen) atoms. The first kappa shape index (κ1) is 21.8. The Balaban J connectivity index is 3.35. The highest BCUT2D eigenvalue weighted by Gasteiger charge is 2.07. The first-order valence-electron chi connectivity index (χ1n) is 9.14. The van der Waals surface area contributed by atoms with Gasteiger partial charge >= 0.3 is 0 Å². The Hall–Kier alpha value is -0.160. The van der Waals surface area contributed by atoms with Gasteiger partial charge in [0.2, 0.25) is 0 Å². The van der Waals surface area contributed by atoms with Gasteiger partial charge in [0.15, 0.2) is 0 Å². The number of aliphatic hydroxyl groups excluding tert-OH is 4. The Morgan fingerprint density at radius 3 is 0.909 bits per heavy atom. The second kappa shape index (κ2) is 14.4. The van der Waals surface area contributed by atoms with Gasteiger partial charge in [0.1, 0.15) is 0 Å². The largest absolute Gasteiger partial charge is 0.393 e. The minimum Gasteiger partial charge on any atom is -0.393 e. The van der Waals surface area contributed by atoms with E-state index < -0.39 is 0 Å². The maximum atomic E-state index is 9.86. The minimum atomic E-state index is -0.239. The number of rotatable bonds is 15. The summed E-state index contributed by atoms with van der Waals surface area (Å²) in [6.45, 7) is 3.60. The Morgan fingerprint density at radius 2 is 0.682 bits per heavy atom. The van der Waals surface area contributed by atoms with Gasteiger partial charge in [-0.2, -0.15) is 0 Å². The maximum absolute atomic E-state index is 9.86. The van der Waals surface area contributed by atoms with Crippen molar-refractivity contribution in [1.29, 1.82) is 0 Å². The molecule has 0 aromatic heterocycles. The summed E-state index contributed by atoms with van der Waals surface area (Å²) in [4.78, 5) is 0. The SMILES string of the molecule is C[C@H](O)CCCC[C@H](O)CCCC[C@@H](O)CCCC[C@H](C)O. The topological polar surface area (TPSA) is 80.9 Å². The third-order valence-electron chi connectivity index (χ3n) is 4.14. The molecule has 0 aliphatic carbocycles. The summed E-state index contributed by atoms with van der Waals surface area (Å²) in [5.74, 6) is 0. The van der Waals surface area contributed by atoms with E-state index in [1.165, 1.54) is 0 Å². The zero-order valence-electron chi connectivity index (χ0n) is 14.6. The van der Waals surface area contributed by atoms with Gasteiger partial charge in [-0.3, -0.25) is 0 Å². The highest BCUT2D eigenvalue weighted by Crippen LogP contribution is 2.14. The molecule has 0 aromatic rings. The molecule has 0 rings (SSSR count).